The van der Waals surface area contributed by atoms with E-state index >= 15 is 0 Å². The fraction of sp³-hybridized carbons (Fsp3) is 0.500. The first-order chi connectivity index (χ1) is 7.59. The molecule has 4 heteroatoms. The molecule has 0 spiro atoms. The summed E-state index contributed by atoms with van der Waals surface area (Å²) in [5.74, 6) is 0. The third kappa shape index (κ3) is 2.37. The summed E-state index contributed by atoms with van der Waals surface area (Å²) in [4.78, 5) is 2.10. The number of rotatable bonds is 2. The van der Waals surface area contributed by atoms with Gasteiger partial charge in [0.1, 0.15) is 0 Å². The van der Waals surface area contributed by atoms with Gasteiger partial charge in [-0.15, -0.1) is 12.3 Å². The number of nitrogens with zero attached hydrogens (tertiary/aromatic N) is 1. The lowest BCUT2D eigenvalue weighted by Crippen LogP contribution is -2.42. The van der Waals surface area contributed by atoms with Gasteiger partial charge in [-0.3, -0.25) is 0 Å². The zero-order valence-electron chi connectivity index (χ0n) is 9.63. The molecule has 0 amide bonds. The van der Waals surface area contributed by atoms with Crippen molar-refractivity contribution in [2.75, 3.05) is 18.0 Å². The summed E-state index contributed by atoms with van der Waals surface area (Å²) in [7, 11) is 0. The second-order valence-electron chi connectivity index (χ2n) is 4.63. The van der Waals surface area contributed by atoms with Gasteiger partial charge >= 0.3 is 6.70 Å². The summed E-state index contributed by atoms with van der Waals surface area (Å²) in [5.41, 5.74) is 0.944. The van der Waals surface area contributed by atoms with Crippen LogP contribution in [0.2, 0.25) is 6.82 Å². The van der Waals surface area contributed by atoms with Crippen molar-refractivity contribution in [3.8, 4) is 0 Å². The molecule has 2 rings (SSSR count). The molecule has 1 aromatic carbocycles. The second-order valence-corrected chi connectivity index (χ2v) is 4.63. The maximum absolute atomic E-state index is 13.5. The van der Waals surface area contributed by atoms with Crippen molar-refractivity contribution in [2.24, 2.45) is 0 Å². The first kappa shape index (κ1) is 11.4. The van der Waals surface area contributed by atoms with Crippen molar-refractivity contribution >= 4 is 17.9 Å². The van der Waals surface area contributed by atoms with Crippen LogP contribution >= 0.6 is 0 Å². The Bertz CT molecular complexity index is 356. The topological polar surface area (TPSA) is 3.24 Å². The van der Waals surface area contributed by atoms with E-state index in [0.717, 1.165) is 38.4 Å². The predicted octanol–water partition coefficient (Wildman–Crippen LogP) is 2.89. The van der Waals surface area contributed by atoms with Crippen LogP contribution < -0.4 is 10.4 Å². The standard InChI is InChI=1S/C12H17BF2N/c1-13(14,15)11-7-3-4-8-12(11)16-9-5-2-6-10-16/h3-4,7-8H,2,5-6,9-10H2,1H3/q-1. The van der Waals surface area contributed by atoms with Gasteiger partial charge in [0, 0.05) is 18.8 Å². The maximum Gasteiger partial charge on any atom is 0.332 e. The van der Waals surface area contributed by atoms with Crippen LogP contribution in [0.4, 0.5) is 14.3 Å². The molecule has 1 fully saturated rings. The molecular weight excluding hydrogens is 207 g/mol. The van der Waals surface area contributed by atoms with Crippen LogP contribution in [0.3, 0.4) is 0 Å². The van der Waals surface area contributed by atoms with Gasteiger partial charge in [-0.25, -0.2) is 0 Å². The molecule has 0 unspecified atom stereocenters. The molecule has 1 nitrogen and oxygen atoms in total. The minimum absolute atomic E-state index is 0.212. The van der Waals surface area contributed by atoms with Crippen molar-refractivity contribution in [1.29, 1.82) is 0 Å². The minimum atomic E-state index is -3.41. The van der Waals surface area contributed by atoms with E-state index in [1.165, 1.54) is 6.42 Å². The Labute approximate surface area is 95.5 Å². The second kappa shape index (κ2) is 4.44. The Balaban J connectivity index is 2.32. The molecule has 0 aromatic heterocycles. The van der Waals surface area contributed by atoms with Gasteiger partial charge in [0.15, 0.2) is 0 Å². The van der Waals surface area contributed by atoms with Crippen molar-refractivity contribution in [3.05, 3.63) is 24.3 Å². The van der Waals surface area contributed by atoms with Gasteiger partial charge < -0.3 is 13.5 Å². The molecule has 1 saturated heterocycles. The fourth-order valence-corrected chi connectivity index (χ4v) is 2.34. The normalized spacial score (nSPS) is 17.6. The molecule has 16 heavy (non-hydrogen) atoms. The molecule has 0 atom stereocenters. The molecular formula is C12H17BF2N-. The predicted molar refractivity (Wildman–Crippen MR) is 66.0 cm³/mol. The smallest absolute Gasteiger partial charge is 0.332 e. The van der Waals surface area contributed by atoms with Gasteiger partial charge in [-0.05, 0) is 25.3 Å². The lowest BCUT2D eigenvalue weighted by atomic mass is 9.60. The number of piperidine rings is 1. The quantitative estimate of drug-likeness (QED) is 0.698. The number of halogens is 2. The van der Waals surface area contributed by atoms with Gasteiger partial charge in [0.2, 0.25) is 0 Å². The average molecular weight is 224 g/mol. The Morgan fingerprint density at radius 2 is 1.69 bits per heavy atom. The molecule has 0 N–H and O–H groups in total. The van der Waals surface area contributed by atoms with Gasteiger partial charge in [0.05, 0.1) is 0 Å². The summed E-state index contributed by atoms with van der Waals surface area (Å²) in [6.45, 7) is -0.565. The zero-order chi connectivity index (χ0) is 11.6. The molecule has 88 valence electrons. The van der Waals surface area contributed by atoms with E-state index in [2.05, 4.69) is 4.90 Å². The van der Waals surface area contributed by atoms with E-state index in [0.29, 0.717) is 0 Å². The summed E-state index contributed by atoms with van der Waals surface area (Å²) in [6, 6.07) is 6.92. The summed E-state index contributed by atoms with van der Waals surface area (Å²) < 4.78 is 27.0. The van der Waals surface area contributed by atoms with Crippen LogP contribution in [0.1, 0.15) is 19.3 Å². The third-order valence-electron chi connectivity index (χ3n) is 3.18. The van der Waals surface area contributed by atoms with E-state index in [4.69, 9.17) is 0 Å². The zero-order valence-corrected chi connectivity index (χ0v) is 9.63. The monoisotopic (exact) mass is 224 g/mol. The van der Waals surface area contributed by atoms with Crippen LogP contribution in [0.5, 0.6) is 0 Å². The van der Waals surface area contributed by atoms with Crippen LogP contribution in [-0.4, -0.2) is 19.8 Å². The molecule has 0 saturated carbocycles. The maximum atomic E-state index is 13.5. The first-order valence-electron chi connectivity index (χ1n) is 5.99. The summed E-state index contributed by atoms with van der Waals surface area (Å²) in [6.07, 6.45) is 3.43. The van der Waals surface area contributed by atoms with Crippen LogP contribution in [0.25, 0.3) is 0 Å². The molecule has 1 heterocycles. The van der Waals surface area contributed by atoms with E-state index in [9.17, 15) is 8.63 Å². The third-order valence-corrected chi connectivity index (χ3v) is 3.18. The Kier molecular flexibility index (Phi) is 3.17. The molecule has 0 bridgehead atoms. The highest BCUT2D eigenvalue weighted by Crippen LogP contribution is 2.21. The van der Waals surface area contributed by atoms with Crippen molar-refractivity contribution in [1.82, 2.24) is 0 Å². The number of hydrogen-bond acceptors (Lipinski definition) is 1. The molecule has 1 aromatic rings. The Morgan fingerprint density at radius 3 is 2.31 bits per heavy atom. The number of benzene rings is 1. The van der Waals surface area contributed by atoms with Crippen LogP contribution in [0, 0.1) is 0 Å². The SMILES string of the molecule is C[B-](F)(F)c1ccccc1N1CCCCC1. The molecule has 0 aliphatic carbocycles. The van der Waals surface area contributed by atoms with Crippen molar-refractivity contribution in [2.45, 2.75) is 26.1 Å². The van der Waals surface area contributed by atoms with Crippen molar-refractivity contribution < 1.29 is 8.63 Å². The first-order valence-corrected chi connectivity index (χ1v) is 5.99. The highest BCUT2D eigenvalue weighted by Gasteiger charge is 2.24. The lowest BCUT2D eigenvalue weighted by molar-refractivity contribution is 0.577. The number of para-hydroxylation sites is 1. The van der Waals surface area contributed by atoms with E-state index < -0.39 is 6.70 Å². The molecule has 0 radical (unpaired) electrons. The van der Waals surface area contributed by atoms with Crippen molar-refractivity contribution in [3.63, 3.8) is 0 Å². The minimum Gasteiger partial charge on any atom is -0.473 e. The van der Waals surface area contributed by atoms with Crippen LogP contribution in [0.15, 0.2) is 24.3 Å². The van der Waals surface area contributed by atoms with Gasteiger partial charge in [-0.1, -0.05) is 18.2 Å². The largest absolute Gasteiger partial charge is 0.473 e. The Hall–Kier alpha value is -1.06. The average Bonchev–Trinajstić information content (AvgIpc) is 2.29. The summed E-state index contributed by atoms with van der Waals surface area (Å²) >= 11 is 0. The van der Waals surface area contributed by atoms with Gasteiger partial charge in [0.25, 0.3) is 0 Å². The highest BCUT2D eigenvalue weighted by atomic mass is 19.2. The van der Waals surface area contributed by atoms with Crippen LogP contribution in [-0.2, 0) is 0 Å². The number of anilines is 1. The highest BCUT2D eigenvalue weighted by molar-refractivity contribution is 6.80. The van der Waals surface area contributed by atoms with E-state index in [1.54, 1.807) is 12.1 Å². The van der Waals surface area contributed by atoms with E-state index in [1.807, 2.05) is 12.1 Å². The van der Waals surface area contributed by atoms with Gasteiger partial charge in [-0.2, -0.15) is 0 Å². The van der Waals surface area contributed by atoms with E-state index in [-0.39, 0.29) is 5.46 Å². The number of hydrogen-bond donors (Lipinski definition) is 0. The fourth-order valence-electron chi connectivity index (χ4n) is 2.34. The Morgan fingerprint density at radius 1 is 1.06 bits per heavy atom. The summed E-state index contributed by atoms with van der Waals surface area (Å²) in [5, 5.41) is 0. The molecule has 1 aliphatic heterocycles. The lowest BCUT2D eigenvalue weighted by Gasteiger charge is -2.34. The molecule has 1 aliphatic rings.